The molecule has 21 heavy (non-hydrogen) atoms. The number of fused-ring (bicyclic) bond motifs is 1. The SMILES string of the molecule is CCOc1ccc(C(N)c2cc(Cl)cc3c2OCC3)cc1. The van der Waals surface area contributed by atoms with Crippen molar-refractivity contribution in [2.45, 2.75) is 19.4 Å². The van der Waals surface area contributed by atoms with Crippen LogP contribution in [-0.4, -0.2) is 13.2 Å². The zero-order chi connectivity index (χ0) is 14.8. The van der Waals surface area contributed by atoms with E-state index in [1.165, 1.54) is 0 Å². The summed E-state index contributed by atoms with van der Waals surface area (Å²) in [6.07, 6.45) is 0.888. The Morgan fingerprint density at radius 3 is 2.76 bits per heavy atom. The second-order valence-corrected chi connectivity index (χ2v) is 5.50. The van der Waals surface area contributed by atoms with Crippen molar-refractivity contribution in [2.75, 3.05) is 13.2 Å². The fraction of sp³-hybridized carbons (Fsp3) is 0.294. The number of hydrogen-bond donors (Lipinski definition) is 1. The van der Waals surface area contributed by atoms with Crippen molar-refractivity contribution in [3.8, 4) is 11.5 Å². The van der Waals surface area contributed by atoms with Crippen LogP contribution in [0.25, 0.3) is 0 Å². The molecule has 0 bridgehead atoms. The largest absolute Gasteiger partial charge is 0.494 e. The number of nitrogens with two attached hydrogens (primary N) is 1. The van der Waals surface area contributed by atoms with E-state index >= 15 is 0 Å². The minimum Gasteiger partial charge on any atom is -0.494 e. The Kier molecular flexibility index (Phi) is 4.04. The highest BCUT2D eigenvalue weighted by atomic mass is 35.5. The van der Waals surface area contributed by atoms with Crippen molar-refractivity contribution in [2.24, 2.45) is 5.73 Å². The number of benzene rings is 2. The van der Waals surface area contributed by atoms with Crippen LogP contribution >= 0.6 is 11.6 Å². The molecule has 0 aromatic heterocycles. The predicted molar refractivity (Wildman–Crippen MR) is 84.3 cm³/mol. The van der Waals surface area contributed by atoms with Crippen molar-refractivity contribution < 1.29 is 9.47 Å². The lowest BCUT2D eigenvalue weighted by atomic mass is 9.96. The third-order valence-electron chi connectivity index (χ3n) is 3.66. The molecule has 0 aliphatic carbocycles. The van der Waals surface area contributed by atoms with E-state index in [1.807, 2.05) is 43.3 Å². The van der Waals surface area contributed by atoms with Gasteiger partial charge in [-0.2, -0.15) is 0 Å². The van der Waals surface area contributed by atoms with Crippen LogP contribution in [0.15, 0.2) is 36.4 Å². The molecule has 1 heterocycles. The fourth-order valence-corrected chi connectivity index (χ4v) is 2.90. The van der Waals surface area contributed by atoms with Crippen molar-refractivity contribution in [1.82, 2.24) is 0 Å². The Balaban J connectivity index is 1.93. The second-order valence-electron chi connectivity index (χ2n) is 5.06. The zero-order valence-corrected chi connectivity index (χ0v) is 12.7. The van der Waals surface area contributed by atoms with Crippen LogP contribution in [-0.2, 0) is 6.42 Å². The van der Waals surface area contributed by atoms with Gasteiger partial charge in [0, 0.05) is 17.0 Å². The molecule has 0 radical (unpaired) electrons. The topological polar surface area (TPSA) is 44.5 Å². The molecule has 3 nitrogen and oxygen atoms in total. The van der Waals surface area contributed by atoms with E-state index in [0.717, 1.165) is 34.6 Å². The van der Waals surface area contributed by atoms with Crippen molar-refractivity contribution in [3.05, 3.63) is 58.1 Å². The number of halogens is 1. The molecule has 1 atom stereocenters. The van der Waals surface area contributed by atoms with Gasteiger partial charge in [-0.3, -0.25) is 0 Å². The van der Waals surface area contributed by atoms with Gasteiger partial charge in [0.2, 0.25) is 0 Å². The third kappa shape index (κ3) is 2.85. The molecular formula is C17H18ClNO2. The zero-order valence-electron chi connectivity index (χ0n) is 11.9. The van der Waals surface area contributed by atoms with Crippen LogP contribution in [0, 0.1) is 0 Å². The summed E-state index contributed by atoms with van der Waals surface area (Å²) < 4.78 is 11.2. The van der Waals surface area contributed by atoms with Gasteiger partial charge in [0.15, 0.2) is 0 Å². The monoisotopic (exact) mass is 303 g/mol. The van der Waals surface area contributed by atoms with Gasteiger partial charge in [-0.25, -0.2) is 0 Å². The van der Waals surface area contributed by atoms with Crippen molar-refractivity contribution >= 4 is 11.6 Å². The molecule has 1 aliphatic heterocycles. The molecule has 110 valence electrons. The molecule has 1 unspecified atom stereocenters. The molecule has 2 aromatic carbocycles. The lowest BCUT2D eigenvalue weighted by Crippen LogP contribution is -2.13. The van der Waals surface area contributed by atoms with E-state index in [0.29, 0.717) is 18.2 Å². The Labute approximate surface area is 129 Å². The summed E-state index contributed by atoms with van der Waals surface area (Å²) in [6, 6.07) is 11.4. The van der Waals surface area contributed by atoms with Crippen LogP contribution in [0.2, 0.25) is 5.02 Å². The minimum absolute atomic E-state index is 0.258. The Morgan fingerprint density at radius 1 is 1.29 bits per heavy atom. The molecule has 2 aromatic rings. The minimum atomic E-state index is -0.258. The normalized spacial score (nSPS) is 14.4. The van der Waals surface area contributed by atoms with Gasteiger partial charge >= 0.3 is 0 Å². The molecule has 0 spiro atoms. The van der Waals surface area contributed by atoms with Gasteiger partial charge < -0.3 is 15.2 Å². The highest BCUT2D eigenvalue weighted by molar-refractivity contribution is 6.30. The lowest BCUT2D eigenvalue weighted by Gasteiger charge is -2.17. The summed E-state index contributed by atoms with van der Waals surface area (Å²) in [4.78, 5) is 0. The lowest BCUT2D eigenvalue weighted by molar-refractivity contribution is 0.340. The van der Waals surface area contributed by atoms with Crippen molar-refractivity contribution in [1.29, 1.82) is 0 Å². The maximum absolute atomic E-state index is 6.40. The molecule has 3 rings (SSSR count). The van der Waals surface area contributed by atoms with E-state index in [1.54, 1.807) is 0 Å². The van der Waals surface area contributed by atoms with E-state index in [4.69, 9.17) is 26.8 Å². The summed E-state index contributed by atoms with van der Waals surface area (Å²) in [5.74, 6) is 1.74. The van der Waals surface area contributed by atoms with Gasteiger partial charge in [0.1, 0.15) is 11.5 Å². The summed E-state index contributed by atoms with van der Waals surface area (Å²) in [5, 5.41) is 0.704. The Bertz CT molecular complexity index is 640. The predicted octanol–water partition coefficient (Wildman–Crippen LogP) is 3.72. The molecule has 4 heteroatoms. The van der Waals surface area contributed by atoms with Crippen LogP contribution in [0.4, 0.5) is 0 Å². The smallest absolute Gasteiger partial charge is 0.127 e. The van der Waals surface area contributed by atoms with Crippen molar-refractivity contribution in [3.63, 3.8) is 0 Å². The summed E-state index contributed by atoms with van der Waals surface area (Å²) in [7, 11) is 0. The molecular weight excluding hydrogens is 286 g/mol. The molecule has 2 N–H and O–H groups in total. The Morgan fingerprint density at radius 2 is 2.05 bits per heavy atom. The van der Waals surface area contributed by atoms with Crippen LogP contribution in [0.3, 0.4) is 0 Å². The average Bonchev–Trinajstić information content (AvgIpc) is 2.95. The van der Waals surface area contributed by atoms with E-state index in [2.05, 4.69) is 0 Å². The van der Waals surface area contributed by atoms with Crippen LogP contribution in [0.1, 0.15) is 29.7 Å². The first-order valence-corrected chi connectivity index (χ1v) is 7.50. The maximum atomic E-state index is 6.40. The van der Waals surface area contributed by atoms with Crippen LogP contribution in [0.5, 0.6) is 11.5 Å². The van der Waals surface area contributed by atoms with E-state index in [-0.39, 0.29) is 6.04 Å². The molecule has 0 fully saturated rings. The fourth-order valence-electron chi connectivity index (χ4n) is 2.65. The maximum Gasteiger partial charge on any atom is 0.127 e. The van der Waals surface area contributed by atoms with Gasteiger partial charge in [-0.1, -0.05) is 23.7 Å². The molecule has 1 aliphatic rings. The standard InChI is InChI=1S/C17H18ClNO2/c1-2-20-14-5-3-11(4-6-14)16(19)15-10-13(18)9-12-7-8-21-17(12)15/h3-6,9-10,16H,2,7-8,19H2,1H3. The molecule has 0 amide bonds. The number of ether oxygens (including phenoxy) is 2. The first-order chi connectivity index (χ1) is 10.2. The average molecular weight is 304 g/mol. The first-order valence-electron chi connectivity index (χ1n) is 7.12. The third-order valence-corrected chi connectivity index (χ3v) is 3.88. The number of hydrogen-bond acceptors (Lipinski definition) is 3. The quantitative estimate of drug-likeness (QED) is 0.936. The summed E-state index contributed by atoms with van der Waals surface area (Å²) >= 11 is 6.20. The summed E-state index contributed by atoms with van der Waals surface area (Å²) in [6.45, 7) is 3.31. The van der Waals surface area contributed by atoms with Gasteiger partial charge in [-0.15, -0.1) is 0 Å². The molecule has 0 saturated carbocycles. The van der Waals surface area contributed by atoms with Crippen LogP contribution < -0.4 is 15.2 Å². The highest BCUT2D eigenvalue weighted by Crippen LogP contribution is 2.37. The van der Waals surface area contributed by atoms with Gasteiger partial charge in [0.25, 0.3) is 0 Å². The van der Waals surface area contributed by atoms with E-state index in [9.17, 15) is 0 Å². The Hall–Kier alpha value is -1.71. The van der Waals surface area contributed by atoms with Gasteiger partial charge in [0.05, 0.1) is 19.3 Å². The first kappa shape index (κ1) is 14.2. The second kappa shape index (κ2) is 5.96. The van der Waals surface area contributed by atoms with E-state index < -0.39 is 0 Å². The highest BCUT2D eigenvalue weighted by Gasteiger charge is 2.22. The van der Waals surface area contributed by atoms with Gasteiger partial charge in [-0.05, 0) is 42.3 Å². The molecule has 0 saturated heterocycles. The number of rotatable bonds is 4. The summed E-state index contributed by atoms with van der Waals surface area (Å²) in [5.41, 5.74) is 9.50.